The third-order valence-corrected chi connectivity index (χ3v) is 4.75. The maximum atomic E-state index is 12.4. The predicted octanol–water partition coefficient (Wildman–Crippen LogP) is 3.07. The molecule has 2 unspecified atom stereocenters. The summed E-state index contributed by atoms with van der Waals surface area (Å²) in [5.74, 6) is 0.711. The number of aliphatic hydroxyl groups excluding tert-OH is 1. The van der Waals surface area contributed by atoms with Crippen LogP contribution in [0, 0.1) is 12.8 Å². The molecule has 128 valence electrons. The van der Waals surface area contributed by atoms with Crippen molar-refractivity contribution in [3.8, 4) is 5.69 Å². The molecule has 2 atom stereocenters. The molecular formula is C17H21ClN4O2. The number of carbonyl (C=O) groups excluding carboxylic acids is 1. The minimum absolute atomic E-state index is 0.218. The average molecular weight is 349 g/mol. The summed E-state index contributed by atoms with van der Waals surface area (Å²) in [6.07, 6.45) is 2.14. The van der Waals surface area contributed by atoms with E-state index < -0.39 is 6.10 Å². The van der Waals surface area contributed by atoms with Crippen molar-refractivity contribution in [1.82, 2.24) is 14.7 Å². The number of anilines is 1. The Morgan fingerprint density at radius 3 is 2.88 bits per heavy atom. The number of β-amino-alcohol motifs (C(OH)–C–C–N with tert-alkyl or cyclic N) is 1. The number of aryl methyl sites for hydroxylation is 1. The zero-order valence-electron chi connectivity index (χ0n) is 13.7. The summed E-state index contributed by atoms with van der Waals surface area (Å²) in [6, 6.07) is 7.15. The lowest BCUT2D eigenvalue weighted by atomic mass is 9.96. The van der Waals surface area contributed by atoms with Crippen LogP contribution in [0.5, 0.6) is 0 Å². The molecule has 1 fully saturated rings. The first-order chi connectivity index (χ1) is 11.5. The number of hydrogen-bond acceptors (Lipinski definition) is 3. The number of benzene rings is 1. The van der Waals surface area contributed by atoms with Crippen LogP contribution in [0.1, 0.15) is 18.9 Å². The van der Waals surface area contributed by atoms with Gasteiger partial charge in [-0.2, -0.15) is 0 Å². The van der Waals surface area contributed by atoms with Crippen LogP contribution in [0.3, 0.4) is 0 Å². The molecule has 7 heteroatoms. The van der Waals surface area contributed by atoms with Crippen LogP contribution in [-0.4, -0.2) is 45.0 Å². The van der Waals surface area contributed by atoms with Crippen molar-refractivity contribution in [2.24, 2.45) is 5.92 Å². The van der Waals surface area contributed by atoms with Gasteiger partial charge in [0.1, 0.15) is 0 Å². The molecule has 1 saturated heterocycles. The summed E-state index contributed by atoms with van der Waals surface area (Å²) < 4.78 is 1.65. The second-order valence-corrected chi connectivity index (χ2v) is 6.67. The molecule has 2 N–H and O–H groups in total. The van der Waals surface area contributed by atoms with Gasteiger partial charge in [-0.1, -0.05) is 30.7 Å². The van der Waals surface area contributed by atoms with Crippen molar-refractivity contribution in [2.45, 2.75) is 26.4 Å². The Bertz CT molecular complexity index is 746. The summed E-state index contributed by atoms with van der Waals surface area (Å²) in [4.78, 5) is 14.0. The molecule has 1 aliphatic heterocycles. The van der Waals surface area contributed by atoms with Crippen molar-refractivity contribution < 1.29 is 9.90 Å². The van der Waals surface area contributed by atoms with Gasteiger partial charge in [-0.25, -0.2) is 9.48 Å². The van der Waals surface area contributed by atoms with Crippen LogP contribution in [0.15, 0.2) is 30.5 Å². The highest BCUT2D eigenvalue weighted by atomic mass is 35.5. The summed E-state index contributed by atoms with van der Waals surface area (Å²) in [5.41, 5.74) is 1.60. The van der Waals surface area contributed by atoms with E-state index in [2.05, 4.69) is 10.4 Å². The standard InChI is InChI=1S/C17H21ClN4O2/c1-11-7-8-21(10-15(11)23)17(24)19-16-12(2)9-22(20-16)14-6-4-3-5-13(14)18/h3-6,9,11,15,23H,7-8,10H2,1-2H3,(H,19,20,24). The lowest BCUT2D eigenvalue weighted by Gasteiger charge is -2.34. The molecular weight excluding hydrogens is 328 g/mol. The van der Waals surface area contributed by atoms with E-state index in [9.17, 15) is 9.90 Å². The fourth-order valence-electron chi connectivity index (χ4n) is 2.76. The number of aromatic nitrogens is 2. The molecule has 1 aromatic carbocycles. The minimum Gasteiger partial charge on any atom is -0.391 e. The summed E-state index contributed by atoms with van der Waals surface area (Å²) in [6.45, 7) is 4.85. The van der Waals surface area contributed by atoms with E-state index in [-0.39, 0.29) is 11.9 Å². The number of para-hydroxylation sites is 1. The molecule has 6 nitrogen and oxygen atoms in total. The fraction of sp³-hybridized carbons (Fsp3) is 0.412. The summed E-state index contributed by atoms with van der Waals surface area (Å²) in [5, 5.41) is 17.8. The molecule has 0 spiro atoms. The predicted molar refractivity (Wildman–Crippen MR) is 93.7 cm³/mol. The average Bonchev–Trinajstić information content (AvgIpc) is 2.91. The fourth-order valence-corrected chi connectivity index (χ4v) is 2.98. The third-order valence-electron chi connectivity index (χ3n) is 4.43. The Morgan fingerprint density at radius 1 is 1.42 bits per heavy atom. The molecule has 2 heterocycles. The smallest absolute Gasteiger partial charge is 0.323 e. The largest absolute Gasteiger partial charge is 0.391 e. The number of amides is 2. The van der Waals surface area contributed by atoms with Crippen LogP contribution >= 0.6 is 11.6 Å². The van der Waals surface area contributed by atoms with E-state index >= 15 is 0 Å². The first-order valence-corrected chi connectivity index (χ1v) is 8.38. The van der Waals surface area contributed by atoms with Crippen LogP contribution in [0.2, 0.25) is 5.02 Å². The molecule has 2 aromatic rings. The number of hydrogen-bond donors (Lipinski definition) is 2. The van der Waals surface area contributed by atoms with Gasteiger partial charge >= 0.3 is 6.03 Å². The number of likely N-dealkylation sites (tertiary alicyclic amines) is 1. The van der Waals surface area contributed by atoms with Gasteiger partial charge in [0.25, 0.3) is 0 Å². The number of aliphatic hydroxyl groups is 1. The van der Waals surface area contributed by atoms with Gasteiger partial charge in [-0.15, -0.1) is 5.10 Å². The topological polar surface area (TPSA) is 70.4 Å². The van der Waals surface area contributed by atoms with E-state index in [1.807, 2.05) is 38.2 Å². The molecule has 1 aliphatic rings. The zero-order valence-corrected chi connectivity index (χ0v) is 14.5. The summed E-state index contributed by atoms with van der Waals surface area (Å²) >= 11 is 6.19. The van der Waals surface area contributed by atoms with Gasteiger partial charge in [0, 0.05) is 24.8 Å². The van der Waals surface area contributed by atoms with Crippen molar-refractivity contribution in [2.75, 3.05) is 18.4 Å². The molecule has 1 aromatic heterocycles. The quantitative estimate of drug-likeness (QED) is 0.876. The van der Waals surface area contributed by atoms with Gasteiger partial charge in [0.15, 0.2) is 5.82 Å². The van der Waals surface area contributed by atoms with E-state index in [0.717, 1.165) is 17.7 Å². The maximum Gasteiger partial charge on any atom is 0.323 e. The second kappa shape index (κ2) is 6.83. The first kappa shape index (κ1) is 16.8. The van der Waals surface area contributed by atoms with Crippen LogP contribution in [-0.2, 0) is 0 Å². The Hall–Kier alpha value is -2.05. The van der Waals surface area contributed by atoms with Crippen molar-refractivity contribution >= 4 is 23.4 Å². The molecule has 0 aliphatic carbocycles. The third kappa shape index (κ3) is 3.39. The monoisotopic (exact) mass is 348 g/mol. The number of rotatable bonds is 2. The van der Waals surface area contributed by atoms with Crippen LogP contribution < -0.4 is 5.32 Å². The zero-order chi connectivity index (χ0) is 17.3. The molecule has 0 radical (unpaired) electrons. The normalized spacial score (nSPS) is 20.9. The van der Waals surface area contributed by atoms with Gasteiger partial charge in [-0.3, -0.25) is 5.32 Å². The van der Waals surface area contributed by atoms with E-state index in [1.165, 1.54) is 0 Å². The Kier molecular flexibility index (Phi) is 4.78. The maximum absolute atomic E-state index is 12.4. The van der Waals surface area contributed by atoms with Crippen LogP contribution in [0.4, 0.5) is 10.6 Å². The molecule has 3 rings (SSSR count). The van der Waals surface area contributed by atoms with Gasteiger partial charge in [0.05, 0.1) is 16.8 Å². The molecule has 24 heavy (non-hydrogen) atoms. The highest BCUT2D eigenvalue weighted by molar-refractivity contribution is 6.32. The Labute approximate surface area is 146 Å². The number of piperidine rings is 1. The number of nitrogens with zero attached hydrogens (tertiary/aromatic N) is 3. The number of urea groups is 1. The van der Waals surface area contributed by atoms with E-state index in [1.54, 1.807) is 15.6 Å². The lowest BCUT2D eigenvalue weighted by molar-refractivity contribution is 0.0463. The molecule has 0 saturated carbocycles. The van der Waals surface area contributed by atoms with Gasteiger partial charge < -0.3 is 10.0 Å². The van der Waals surface area contributed by atoms with E-state index in [0.29, 0.717) is 23.9 Å². The first-order valence-electron chi connectivity index (χ1n) is 8.01. The van der Waals surface area contributed by atoms with Gasteiger partial charge in [0.2, 0.25) is 0 Å². The summed E-state index contributed by atoms with van der Waals surface area (Å²) in [7, 11) is 0. The Balaban J connectivity index is 1.74. The lowest BCUT2D eigenvalue weighted by Crippen LogP contribution is -2.47. The SMILES string of the molecule is Cc1cn(-c2ccccc2Cl)nc1NC(=O)N1CCC(C)C(O)C1. The van der Waals surface area contributed by atoms with E-state index in [4.69, 9.17) is 11.6 Å². The number of halogens is 1. The van der Waals surface area contributed by atoms with Gasteiger partial charge in [-0.05, 0) is 31.4 Å². The van der Waals surface area contributed by atoms with Crippen LogP contribution in [0.25, 0.3) is 5.69 Å². The van der Waals surface area contributed by atoms with Crippen molar-refractivity contribution in [1.29, 1.82) is 0 Å². The Morgan fingerprint density at radius 2 is 2.17 bits per heavy atom. The number of nitrogens with one attached hydrogen (secondary N) is 1. The highest BCUT2D eigenvalue weighted by Crippen LogP contribution is 2.23. The molecule has 2 amide bonds. The molecule has 0 bridgehead atoms. The number of carbonyl (C=O) groups is 1. The van der Waals surface area contributed by atoms with Crippen molar-refractivity contribution in [3.05, 3.63) is 41.0 Å². The highest BCUT2D eigenvalue weighted by Gasteiger charge is 2.27. The minimum atomic E-state index is -0.480. The van der Waals surface area contributed by atoms with Crippen molar-refractivity contribution in [3.63, 3.8) is 0 Å². The second-order valence-electron chi connectivity index (χ2n) is 6.27.